The molecule has 0 unspecified atom stereocenters. The Balaban J connectivity index is 1.17. The number of nitrogens with zero attached hydrogens (tertiary/aromatic N) is 1. The van der Waals surface area contributed by atoms with Crippen molar-refractivity contribution in [3.63, 3.8) is 0 Å². The fraction of sp³-hybridized carbons (Fsp3) is 0. The van der Waals surface area contributed by atoms with Crippen LogP contribution in [-0.4, -0.2) is 0 Å². The van der Waals surface area contributed by atoms with Gasteiger partial charge in [-0.1, -0.05) is 158 Å². The van der Waals surface area contributed by atoms with Crippen LogP contribution in [0.4, 0.5) is 17.1 Å². The van der Waals surface area contributed by atoms with E-state index in [2.05, 4.69) is 199 Å². The molecule has 0 aliphatic carbocycles. The second-order valence-corrected chi connectivity index (χ2v) is 15.8. The Hall–Kier alpha value is -7.20. The van der Waals surface area contributed by atoms with Crippen molar-refractivity contribution >= 4 is 103 Å². The van der Waals surface area contributed by atoms with Crippen LogP contribution >= 0.6 is 11.3 Å². The van der Waals surface area contributed by atoms with Crippen LogP contribution in [0, 0.1) is 0 Å². The molecule has 57 heavy (non-hydrogen) atoms. The molecule has 12 rings (SSSR count). The predicted molar refractivity (Wildman–Crippen MR) is 245 cm³/mol. The molecule has 0 amide bonds. The van der Waals surface area contributed by atoms with Gasteiger partial charge in [0.2, 0.25) is 0 Å². The van der Waals surface area contributed by atoms with Gasteiger partial charge in [0, 0.05) is 53.3 Å². The van der Waals surface area contributed by atoms with Crippen LogP contribution in [0.3, 0.4) is 0 Å². The molecule has 0 radical (unpaired) electrons. The second kappa shape index (κ2) is 12.7. The fourth-order valence-electron chi connectivity index (χ4n) is 9.10. The molecule has 0 N–H and O–H groups in total. The maximum atomic E-state index is 6.37. The van der Waals surface area contributed by atoms with Crippen molar-refractivity contribution in [3.05, 3.63) is 200 Å². The molecule has 0 aliphatic rings. The Labute approximate surface area is 333 Å². The van der Waals surface area contributed by atoms with Crippen LogP contribution in [0.5, 0.6) is 0 Å². The van der Waals surface area contributed by atoms with E-state index in [1.807, 2.05) is 17.4 Å². The number of thiophene rings is 1. The summed E-state index contributed by atoms with van der Waals surface area (Å²) < 4.78 is 9.00. The zero-order chi connectivity index (χ0) is 37.5. The number of hydrogen-bond acceptors (Lipinski definition) is 3. The highest BCUT2D eigenvalue weighted by Crippen LogP contribution is 2.51. The molecule has 0 bridgehead atoms. The average molecular weight is 744 g/mol. The summed E-state index contributed by atoms with van der Waals surface area (Å²) in [4.78, 5) is 2.48. The van der Waals surface area contributed by atoms with E-state index >= 15 is 0 Å². The first-order valence-corrected chi connectivity index (χ1v) is 20.2. The largest absolute Gasteiger partial charge is 0.456 e. The summed E-state index contributed by atoms with van der Waals surface area (Å²) in [6, 6.07) is 72.9. The maximum Gasteiger partial charge on any atom is 0.135 e. The molecule has 2 aromatic heterocycles. The summed E-state index contributed by atoms with van der Waals surface area (Å²) in [6.07, 6.45) is 0. The molecule has 0 fully saturated rings. The van der Waals surface area contributed by atoms with E-state index in [1.54, 1.807) is 0 Å². The van der Waals surface area contributed by atoms with E-state index < -0.39 is 0 Å². The minimum Gasteiger partial charge on any atom is -0.456 e. The summed E-state index contributed by atoms with van der Waals surface area (Å²) >= 11 is 1.87. The third-order valence-corrected chi connectivity index (χ3v) is 12.9. The summed E-state index contributed by atoms with van der Waals surface area (Å²) in [6.45, 7) is 0. The van der Waals surface area contributed by atoms with Crippen molar-refractivity contribution in [1.29, 1.82) is 0 Å². The van der Waals surface area contributed by atoms with E-state index in [1.165, 1.54) is 74.7 Å². The Morgan fingerprint density at radius 2 is 0.947 bits per heavy atom. The lowest BCUT2D eigenvalue weighted by molar-refractivity contribution is 0.669. The van der Waals surface area contributed by atoms with Gasteiger partial charge in [0.25, 0.3) is 0 Å². The van der Waals surface area contributed by atoms with Crippen molar-refractivity contribution in [2.45, 2.75) is 0 Å². The quantitative estimate of drug-likeness (QED) is 0.163. The van der Waals surface area contributed by atoms with Crippen LogP contribution in [0.1, 0.15) is 0 Å². The fourth-order valence-corrected chi connectivity index (χ4v) is 10.3. The Kier molecular flexibility index (Phi) is 7.13. The lowest BCUT2D eigenvalue weighted by Gasteiger charge is -2.31. The molecule has 0 aliphatic heterocycles. The monoisotopic (exact) mass is 743 g/mol. The highest BCUT2D eigenvalue weighted by atomic mass is 32.1. The zero-order valence-electron chi connectivity index (χ0n) is 30.8. The van der Waals surface area contributed by atoms with Crippen molar-refractivity contribution in [2.75, 3.05) is 4.90 Å². The molecular formula is C54H33NOS. The summed E-state index contributed by atoms with van der Waals surface area (Å²) in [5, 5.41) is 12.1. The van der Waals surface area contributed by atoms with Crippen LogP contribution in [-0.2, 0) is 0 Å². The third kappa shape index (κ3) is 4.96. The molecular weight excluding hydrogens is 711 g/mol. The van der Waals surface area contributed by atoms with E-state index in [-0.39, 0.29) is 0 Å². The predicted octanol–water partition coefficient (Wildman–Crippen LogP) is 16.2. The second-order valence-electron chi connectivity index (χ2n) is 14.8. The Bertz CT molecular complexity index is 3530. The number of furan rings is 1. The molecule has 0 saturated heterocycles. The molecule has 10 aromatic carbocycles. The number of hydrogen-bond donors (Lipinski definition) is 0. The van der Waals surface area contributed by atoms with Crippen LogP contribution in [0.25, 0.3) is 96.7 Å². The number of para-hydroxylation sites is 1. The minimum absolute atomic E-state index is 0.879. The van der Waals surface area contributed by atoms with Gasteiger partial charge in [0.05, 0.1) is 5.69 Å². The summed E-state index contributed by atoms with van der Waals surface area (Å²) in [5.74, 6) is 0. The van der Waals surface area contributed by atoms with Gasteiger partial charge in [-0.05, 0) is 86.1 Å². The highest BCUT2D eigenvalue weighted by Gasteiger charge is 2.25. The minimum atomic E-state index is 0.879. The Morgan fingerprint density at radius 1 is 0.368 bits per heavy atom. The lowest BCUT2D eigenvalue weighted by Crippen LogP contribution is -2.12. The van der Waals surface area contributed by atoms with Gasteiger partial charge in [-0.2, -0.15) is 0 Å². The van der Waals surface area contributed by atoms with Crippen LogP contribution < -0.4 is 4.90 Å². The topological polar surface area (TPSA) is 16.4 Å². The molecule has 2 heterocycles. The number of fused-ring (bicyclic) bond motifs is 10. The smallest absolute Gasteiger partial charge is 0.135 e. The summed E-state index contributed by atoms with van der Waals surface area (Å²) in [7, 11) is 0. The lowest BCUT2D eigenvalue weighted by atomic mass is 9.88. The van der Waals surface area contributed by atoms with E-state index in [4.69, 9.17) is 4.42 Å². The zero-order valence-corrected chi connectivity index (χ0v) is 31.6. The highest BCUT2D eigenvalue weighted by molar-refractivity contribution is 7.26. The molecule has 12 aromatic rings. The normalized spacial score (nSPS) is 11.9. The SMILES string of the molecule is c1ccc2c(-c3c(N(c4ccc(-c5cccc6c5sc5ccccc56)cc4)c4ccc5oc6ccccc6c5c4)c4ccccc4c4ccccc34)cccc2c1. The van der Waals surface area contributed by atoms with Gasteiger partial charge in [-0.25, -0.2) is 0 Å². The van der Waals surface area contributed by atoms with Crippen molar-refractivity contribution in [1.82, 2.24) is 0 Å². The first kappa shape index (κ1) is 32.1. The molecule has 0 saturated carbocycles. The standard InChI is InChI=1S/C54H33NOS/c1-2-15-38-34(13-1)14-11-23-44(38)52-45-20-5-3-16-40(45)41-17-4-6-21-46(41)53(52)55(37-31-32-50-48(33-37)42-18-7-9-25-49(42)56-50)36-29-27-35(28-30-36)39-22-12-24-47-43-19-8-10-26-51(43)57-54(39)47/h1-33H. The maximum absolute atomic E-state index is 6.37. The Morgan fingerprint density at radius 3 is 1.79 bits per heavy atom. The van der Waals surface area contributed by atoms with E-state index in [0.717, 1.165) is 39.0 Å². The van der Waals surface area contributed by atoms with Crippen molar-refractivity contribution in [3.8, 4) is 22.3 Å². The average Bonchev–Trinajstić information content (AvgIpc) is 3.85. The van der Waals surface area contributed by atoms with Crippen LogP contribution in [0.2, 0.25) is 0 Å². The number of benzene rings is 10. The first-order chi connectivity index (χ1) is 28.3. The summed E-state index contributed by atoms with van der Waals surface area (Å²) in [5.41, 5.74) is 9.93. The van der Waals surface area contributed by atoms with Gasteiger partial charge in [-0.15, -0.1) is 11.3 Å². The molecule has 3 heteroatoms. The van der Waals surface area contributed by atoms with Gasteiger partial charge < -0.3 is 9.32 Å². The molecule has 0 atom stereocenters. The number of rotatable bonds is 5. The van der Waals surface area contributed by atoms with Gasteiger partial charge in [0.15, 0.2) is 0 Å². The first-order valence-electron chi connectivity index (χ1n) is 19.4. The molecule has 2 nitrogen and oxygen atoms in total. The molecule has 266 valence electrons. The van der Waals surface area contributed by atoms with Crippen molar-refractivity contribution < 1.29 is 4.42 Å². The van der Waals surface area contributed by atoms with Gasteiger partial charge in [0.1, 0.15) is 11.2 Å². The van der Waals surface area contributed by atoms with Gasteiger partial charge in [-0.3, -0.25) is 0 Å². The van der Waals surface area contributed by atoms with Gasteiger partial charge >= 0.3 is 0 Å². The number of anilines is 3. The van der Waals surface area contributed by atoms with Crippen molar-refractivity contribution in [2.24, 2.45) is 0 Å². The molecule has 0 spiro atoms. The van der Waals surface area contributed by atoms with Crippen LogP contribution in [0.15, 0.2) is 205 Å². The van der Waals surface area contributed by atoms with E-state index in [9.17, 15) is 0 Å². The third-order valence-electron chi connectivity index (χ3n) is 11.6. The van der Waals surface area contributed by atoms with E-state index in [0.29, 0.717) is 0 Å².